The van der Waals surface area contributed by atoms with Gasteiger partial charge in [-0.25, -0.2) is 0 Å². The maximum Gasteiger partial charge on any atom is 0.416 e. The Hall–Kier alpha value is -0.590. The van der Waals surface area contributed by atoms with Gasteiger partial charge in [-0.2, -0.15) is 13.2 Å². The van der Waals surface area contributed by atoms with Crippen LogP contribution in [0.15, 0.2) is 28.7 Å². The lowest BCUT2D eigenvalue weighted by Crippen LogP contribution is -2.45. The van der Waals surface area contributed by atoms with Gasteiger partial charge in [0, 0.05) is 10.5 Å². The van der Waals surface area contributed by atoms with Crippen molar-refractivity contribution in [2.45, 2.75) is 31.9 Å². The molecule has 0 spiro atoms. The van der Waals surface area contributed by atoms with Crippen LogP contribution in [0.5, 0.6) is 0 Å². The molecule has 2 atom stereocenters. The minimum absolute atomic E-state index is 0.120. The predicted molar refractivity (Wildman–Crippen MR) is 62.4 cm³/mol. The van der Waals surface area contributed by atoms with Gasteiger partial charge >= 0.3 is 6.18 Å². The van der Waals surface area contributed by atoms with Crippen LogP contribution >= 0.6 is 15.9 Å². The van der Waals surface area contributed by atoms with Gasteiger partial charge in [0.05, 0.1) is 6.61 Å². The van der Waals surface area contributed by atoms with E-state index < -0.39 is 18.3 Å². The third-order valence-corrected chi connectivity index (χ3v) is 2.61. The van der Waals surface area contributed by atoms with E-state index in [1.54, 1.807) is 24.3 Å². The number of hydrogen-bond acceptors (Lipinski definition) is 2. The number of nitrogens with two attached hydrogens (primary N) is 1. The second-order valence-electron chi connectivity index (χ2n) is 3.76. The largest absolute Gasteiger partial charge is 0.416 e. The molecule has 0 aliphatic carbocycles. The van der Waals surface area contributed by atoms with Crippen molar-refractivity contribution < 1.29 is 17.9 Å². The maximum atomic E-state index is 12.5. The third kappa shape index (κ3) is 4.65. The maximum absolute atomic E-state index is 12.5. The number of ether oxygens (including phenoxy) is 1. The molecule has 17 heavy (non-hydrogen) atoms. The van der Waals surface area contributed by atoms with Crippen molar-refractivity contribution in [3.8, 4) is 0 Å². The topological polar surface area (TPSA) is 35.2 Å². The highest BCUT2D eigenvalue weighted by molar-refractivity contribution is 9.10. The molecule has 0 aliphatic heterocycles. The Morgan fingerprint density at radius 1 is 1.41 bits per heavy atom. The van der Waals surface area contributed by atoms with Gasteiger partial charge in [-0.15, -0.1) is 0 Å². The number of rotatable bonds is 4. The molecule has 1 rings (SSSR count). The number of benzene rings is 1. The fourth-order valence-electron chi connectivity index (χ4n) is 1.36. The standard InChI is InChI=1S/C11H13BrF3NO/c1-7(16)10(11(13,14)15)17-6-8-3-2-4-9(12)5-8/h2-5,7,10H,6,16H2,1H3. The van der Waals surface area contributed by atoms with Crippen molar-refractivity contribution in [2.75, 3.05) is 0 Å². The monoisotopic (exact) mass is 311 g/mol. The molecule has 2 unspecified atom stereocenters. The molecule has 0 radical (unpaired) electrons. The van der Waals surface area contributed by atoms with Gasteiger partial charge < -0.3 is 10.5 Å². The Morgan fingerprint density at radius 3 is 2.53 bits per heavy atom. The van der Waals surface area contributed by atoms with Crippen LogP contribution in [0.3, 0.4) is 0 Å². The smallest absolute Gasteiger partial charge is 0.362 e. The average molecular weight is 312 g/mol. The molecule has 6 heteroatoms. The highest BCUT2D eigenvalue weighted by Crippen LogP contribution is 2.26. The van der Waals surface area contributed by atoms with E-state index in [0.717, 1.165) is 4.47 Å². The first-order chi connectivity index (χ1) is 7.80. The molecule has 0 aromatic heterocycles. The first kappa shape index (κ1) is 14.5. The minimum atomic E-state index is -4.44. The van der Waals surface area contributed by atoms with Gasteiger partial charge in [0.1, 0.15) is 0 Å². The van der Waals surface area contributed by atoms with Crippen molar-refractivity contribution in [3.05, 3.63) is 34.3 Å². The summed E-state index contributed by atoms with van der Waals surface area (Å²) < 4.78 is 43.2. The second-order valence-corrected chi connectivity index (χ2v) is 4.68. The number of hydrogen-bond donors (Lipinski definition) is 1. The lowest BCUT2D eigenvalue weighted by atomic mass is 10.2. The lowest BCUT2D eigenvalue weighted by Gasteiger charge is -2.23. The summed E-state index contributed by atoms with van der Waals surface area (Å²) in [6.45, 7) is 1.16. The zero-order valence-corrected chi connectivity index (χ0v) is 10.8. The number of halogens is 4. The molecule has 0 heterocycles. The molecule has 1 aromatic rings. The quantitative estimate of drug-likeness (QED) is 0.926. The fraction of sp³-hybridized carbons (Fsp3) is 0.455. The summed E-state index contributed by atoms with van der Waals surface area (Å²) in [7, 11) is 0. The molecule has 0 amide bonds. The van der Waals surface area contributed by atoms with Gasteiger partial charge in [0.15, 0.2) is 6.10 Å². The van der Waals surface area contributed by atoms with Gasteiger partial charge in [-0.05, 0) is 24.6 Å². The molecular weight excluding hydrogens is 299 g/mol. The highest BCUT2D eigenvalue weighted by atomic mass is 79.9. The van der Waals surface area contributed by atoms with Gasteiger partial charge in [0.2, 0.25) is 0 Å². The van der Waals surface area contributed by atoms with E-state index in [1.807, 2.05) is 0 Å². The van der Waals surface area contributed by atoms with E-state index in [1.165, 1.54) is 6.92 Å². The fourth-order valence-corrected chi connectivity index (χ4v) is 1.80. The molecule has 1 aromatic carbocycles. The minimum Gasteiger partial charge on any atom is -0.362 e. The molecule has 96 valence electrons. The molecule has 0 bridgehead atoms. The third-order valence-electron chi connectivity index (χ3n) is 2.12. The zero-order valence-electron chi connectivity index (χ0n) is 9.17. The predicted octanol–water partition coefficient (Wildman–Crippen LogP) is 3.24. The van der Waals surface area contributed by atoms with E-state index in [2.05, 4.69) is 15.9 Å². The normalized spacial score (nSPS) is 15.6. The summed E-state index contributed by atoms with van der Waals surface area (Å²) in [6, 6.07) is 5.82. The highest BCUT2D eigenvalue weighted by Gasteiger charge is 2.43. The lowest BCUT2D eigenvalue weighted by molar-refractivity contribution is -0.228. The Morgan fingerprint density at radius 2 is 2.06 bits per heavy atom. The van der Waals surface area contributed by atoms with Crippen LogP contribution in [-0.4, -0.2) is 18.3 Å². The Labute approximate surface area is 106 Å². The van der Waals surface area contributed by atoms with Gasteiger partial charge in [-0.1, -0.05) is 28.1 Å². The summed E-state index contributed by atoms with van der Waals surface area (Å²) in [6.07, 6.45) is -6.39. The van der Waals surface area contributed by atoms with Crippen LogP contribution in [0.1, 0.15) is 12.5 Å². The van der Waals surface area contributed by atoms with E-state index in [0.29, 0.717) is 5.56 Å². The summed E-state index contributed by atoms with van der Waals surface area (Å²) >= 11 is 3.24. The average Bonchev–Trinajstić information content (AvgIpc) is 2.15. The molecule has 0 fully saturated rings. The van der Waals surface area contributed by atoms with Crippen molar-refractivity contribution >= 4 is 15.9 Å². The van der Waals surface area contributed by atoms with Crippen LogP contribution < -0.4 is 5.73 Å². The van der Waals surface area contributed by atoms with Gasteiger partial charge in [0.25, 0.3) is 0 Å². The van der Waals surface area contributed by atoms with E-state index in [-0.39, 0.29) is 6.61 Å². The van der Waals surface area contributed by atoms with Crippen LogP contribution in [-0.2, 0) is 11.3 Å². The molecular formula is C11H13BrF3NO. The van der Waals surface area contributed by atoms with Crippen LogP contribution in [0.4, 0.5) is 13.2 Å². The van der Waals surface area contributed by atoms with Crippen molar-refractivity contribution in [2.24, 2.45) is 5.73 Å². The zero-order chi connectivity index (χ0) is 13.1. The van der Waals surface area contributed by atoms with Gasteiger partial charge in [-0.3, -0.25) is 0 Å². The molecule has 0 saturated carbocycles. The Bertz CT molecular complexity index is 368. The van der Waals surface area contributed by atoms with Crippen molar-refractivity contribution in [1.82, 2.24) is 0 Å². The number of alkyl halides is 3. The summed E-state index contributed by atoms with van der Waals surface area (Å²) in [4.78, 5) is 0. The van der Waals surface area contributed by atoms with Crippen LogP contribution in [0, 0.1) is 0 Å². The van der Waals surface area contributed by atoms with E-state index >= 15 is 0 Å². The SMILES string of the molecule is CC(N)C(OCc1cccc(Br)c1)C(F)(F)F. The molecule has 0 saturated heterocycles. The molecule has 2 N–H and O–H groups in total. The van der Waals surface area contributed by atoms with Crippen LogP contribution in [0.2, 0.25) is 0 Å². The first-order valence-electron chi connectivity index (χ1n) is 4.99. The van der Waals surface area contributed by atoms with Crippen LogP contribution in [0.25, 0.3) is 0 Å². The van der Waals surface area contributed by atoms with Crippen molar-refractivity contribution in [1.29, 1.82) is 0 Å². The van der Waals surface area contributed by atoms with Crippen molar-refractivity contribution in [3.63, 3.8) is 0 Å². The summed E-state index contributed by atoms with van der Waals surface area (Å²) in [5, 5.41) is 0. The summed E-state index contributed by atoms with van der Waals surface area (Å²) in [5.74, 6) is 0. The Balaban J connectivity index is 2.65. The molecule has 2 nitrogen and oxygen atoms in total. The van der Waals surface area contributed by atoms with E-state index in [9.17, 15) is 13.2 Å². The molecule has 0 aliphatic rings. The second kappa shape index (κ2) is 5.84. The van der Waals surface area contributed by atoms with E-state index in [4.69, 9.17) is 10.5 Å². The summed E-state index contributed by atoms with van der Waals surface area (Å²) in [5.41, 5.74) is 5.92. The first-order valence-corrected chi connectivity index (χ1v) is 5.78. The Kier molecular flexibility index (Phi) is 4.97.